The lowest BCUT2D eigenvalue weighted by Crippen LogP contribution is -2.12. The van der Waals surface area contributed by atoms with E-state index in [9.17, 15) is 13.2 Å². The van der Waals surface area contributed by atoms with Gasteiger partial charge in [0.15, 0.2) is 5.65 Å². The molecule has 0 spiro atoms. The van der Waals surface area contributed by atoms with Crippen LogP contribution in [0.4, 0.5) is 19.0 Å². The normalized spacial score (nSPS) is 12.4. The van der Waals surface area contributed by atoms with Gasteiger partial charge in [0.1, 0.15) is 17.5 Å². The van der Waals surface area contributed by atoms with E-state index in [0.717, 1.165) is 28.0 Å². The van der Waals surface area contributed by atoms with Crippen LogP contribution in [0.25, 0.3) is 32.9 Å². The molecule has 0 unspecified atom stereocenters. The molecular formula is C27H21F3N4. The average molecular weight is 458 g/mol. The minimum atomic E-state index is -2.89. The zero-order chi connectivity index (χ0) is 23.8. The molecule has 0 aliphatic rings. The highest BCUT2D eigenvalue weighted by molar-refractivity contribution is 5.92. The number of pyridine rings is 1. The maximum Gasteiger partial charge on any atom is 0.266 e. The molecule has 0 aliphatic carbocycles. The molecule has 34 heavy (non-hydrogen) atoms. The van der Waals surface area contributed by atoms with E-state index in [4.69, 9.17) is 0 Å². The Morgan fingerprint density at radius 3 is 2.38 bits per heavy atom. The minimum absolute atomic E-state index is 0.140. The van der Waals surface area contributed by atoms with E-state index in [1.807, 2.05) is 24.3 Å². The lowest BCUT2D eigenvalue weighted by Gasteiger charge is -2.18. The highest BCUT2D eigenvalue weighted by Crippen LogP contribution is 2.32. The molecule has 0 fully saturated rings. The number of aryl methyl sites for hydroxylation is 1. The van der Waals surface area contributed by atoms with Crippen LogP contribution in [-0.2, 0) is 0 Å². The number of hydrogen-bond acceptors (Lipinski definition) is 4. The van der Waals surface area contributed by atoms with Gasteiger partial charge in [0.2, 0.25) is 0 Å². The van der Waals surface area contributed by atoms with E-state index in [-0.39, 0.29) is 5.56 Å². The van der Waals surface area contributed by atoms with Crippen LogP contribution >= 0.6 is 0 Å². The summed E-state index contributed by atoms with van der Waals surface area (Å²) in [5.41, 5.74) is 1.89. The smallest absolute Gasteiger partial charge is 0.266 e. The number of halogens is 3. The summed E-state index contributed by atoms with van der Waals surface area (Å²) in [7, 11) is 0. The number of fused-ring (bicyclic) bond motifs is 2. The predicted octanol–water partition coefficient (Wildman–Crippen LogP) is 7.40. The molecule has 5 aromatic rings. The third-order valence-electron chi connectivity index (χ3n) is 5.86. The first-order valence-electron chi connectivity index (χ1n) is 10.9. The first kappa shape index (κ1) is 21.8. The van der Waals surface area contributed by atoms with Gasteiger partial charge in [-0.2, -0.15) is 0 Å². The third-order valence-corrected chi connectivity index (χ3v) is 5.86. The van der Waals surface area contributed by atoms with Gasteiger partial charge >= 0.3 is 0 Å². The van der Waals surface area contributed by atoms with Gasteiger partial charge < -0.3 is 5.32 Å². The first-order valence-corrected chi connectivity index (χ1v) is 10.9. The Hall–Kier alpha value is -4.00. The fraction of sp³-hybridized carbons (Fsp3) is 0.148. The largest absolute Gasteiger partial charge is 0.363 e. The molecule has 0 aliphatic heterocycles. The van der Waals surface area contributed by atoms with Gasteiger partial charge in [-0.1, -0.05) is 54.6 Å². The SMILES string of the molecule is Cc1nc(N[C@H](C)c2cccc(C(F)F)c2F)c2cc(-c3ccc4ccccc4c3)cnc2n1. The summed E-state index contributed by atoms with van der Waals surface area (Å²) in [6.07, 6.45) is -1.12. The van der Waals surface area contributed by atoms with Crippen molar-refractivity contribution < 1.29 is 13.2 Å². The second-order valence-electron chi connectivity index (χ2n) is 8.19. The number of benzene rings is 3. The molecule has 0 radical (unpaired) electrons. The minimum Gasteiger partial charge on any atom is -0.363 e. The summed E-state index contributed by atoms with van der Waals surface area (Å²) in [6.45, 7) is 3.45. The standard InChI is InChI=1S/C27H21F3N4/c1-15(21-8-5-9-22(24(21)28)25(29)30)32-27-23-13-20(14-31-26(23)33-16(2)34-27)19-11-10-17-6-3-4-7-18(17)12-19/h3-15,25H,1-2H3,(H,31,32,33,34)/t15-/m1/s1. The van der Waals surface area contributed by atoms with Gasteiger partial charge in [-0.25, -0.2) is 28.1 Å². The molecule has 7 heteroatoms. The zero-order valence-corrected chi connectivity index (χ0v) is 18.6. The molecule has 3 aromatic carbocycles. The highest BCUT2D eigenvalue weighted by Gasteiger charge is 2.20. The molecule has 0 saturated heterocycles. The Bertz CT molecular complexity index is 1520. The Kier molecular flexibility index (Phi) is 5.61. The molecule has 2 aromatic heterocycles. The molecular weight excluding hydrogens is 437 g/mol. The Balaban J connectivity index is 1.56. The molecule has 170 valence electrons. The maximum absolute atomic E-state index is 14.7. The summed E-state index contributed by atoms with van der Waals surface area (Å²) in [5.74, 6) is 0.0458. The predicted molar refractivity (Wildman–Crippen MR) is 128 cm³/mol. The summed E-state index contributed by atoms with van der Waals surface area (Å²) in [4.78, 5) is 13.5. The van der Waals surface area contributed by atoms with Crippen molar-refractivity contribution in [2.45, 2.75) is 26.3 Å². The van der Waals surface area contributed by atoms with E-state index in [1.54, 1.807) is 20.0 Å². The van der Waals surface area contributed by atoms with Crippen LogP contribution in [0.15, 0.2) is 72.9 Å². The molecule has 0 saturated carbocycles. The van der Waals surface area contributed by atoms with Crippen molar-refractivity contribution in [3.05, 3.63) is 95.7 Å². The van der Waals surface area contributed by atoms with Crippen molar-refractivity contribution in [1.82, 2.24) is 15.0 Å². The summed E-state index contributed by atoms with van der Waals surface area (Å²) in [6, 6.07) is 19.6. The van der Waals surface area contributed by atoms with Crippen LogP contribution in [-0.4, -0.2) is 15.0 Å². The van der Waals surface area contributed by atoms with Crippen LogP contribution in [0.3, 0.4) is 0 Å². The maximum atomic E-state index is 14.7. The van der Waals surface area contributed by atoms with Gasteiger partial charge in [-0.05, 0) is 42.3 Å². The summed E-state index contributed by atoms with van der Waals surface area (Å²) in [5, 5.41) is 6.10. The zero-order valence-electron chi connectivity index (χ0n) is 18.6. The van der Waals surface area contributed by atoms with E-state index >= 15 is 0 Å². The Labute approximate surface area is 194 Å². The number of anilines is 1. The number of hydrogen-bond donors (Lipinski definition) is 1. The van der Waals surface area contributed by atoms with E-state index in [2.05, 4.69) is 44.5 Å². The van der Waals surface area contributed by atoms with Crippen molar-refractivity contribution in [2.24, 2.45) is 0 Å². The number of alkyl halides is 2. The van der Waals surface area contributed by atoms with Crippen LogP contribution in [0.5, 0.6) is 0 Å². The van der Waals surface area contributed by atoms with E-state index in [1.165, 1.54) is 12.1 Å². The molecule has 4 nitrogen and oxygen atoms in total. The van der Waals surface area contributed by atoms with E-state index in [0.29, 0.717) is 22.7 Å². The van der Waals surface area contributed by atoms with E-state index < -0.39 is 23.8 Å². The Morgan fingerprint density at radius 2 is 1.59 bits per heavy atom. The van der Waals surface area contributed by atoms with Crippen LogP contribution in [0.1, 0.15) is 36.3 Å². The number of aromatic nitrogens is 3. The van der Waals surface area contributed by atoms with Crippen LogP contribution < -0.4 is 5.32 Å². The van der Waals surface area contributed by atoms with Crippen molar-refractivity contribution >= 4 is 27.6 Å². The van der Waals surface area contributed by atoms with Crippen molar-refractivity contribution in [2.75, 3.05) is 5.32 Å². The fourth-order valence-corrected chi connectivity index (χ4v) is 4.11. The van der Waals surface area contributed by atoms with Gasteiger partial charge in [0.05, 0.1) is 17.0 Å². The lowest BCUT2D eigenvalue weighted by atomic mass is 10.0. The average Bonchev–Trinajstić information content (AvgIpc) is 2.83. The van der Waals surface area contributed by atoms with Crippen molar-refractivity contribution in [3.8, 4) is 11.1 Å². The highest BCUT2D eigenvalue weighted by atomic mass is 19.3. The number of nitrogens with zero attached hydrogens (tertiary/aromatic N) is 3. The molecule has 1 N–H and O–H groups in total. The lowest BCUT2D eigenvalue weighted by molar-refractivity contribution is 0.146. The fourth-order valence-electron chi connectivity index (χ4n) is 4.11. The summed E-state index contributed by atoms with van der Waals surface area (Å²) < 4.78 is 41.1. The molecule has 0 bridgehead atoms. The van der Waals surface area contributed by atoms with Gasteiger partial charge in [-0.3, -0.25) is 0 Å². The second-order valence-corrected chi connectivity index (χ2v) is 8.19. The van der Waals surface area contributed by atoms with Gasteiger partial charge in [0.25, 0.3) is 6.43 Å². The van der Waals surface area contributed by atoms with Gasteiger partial charge in [-0.15, -0.1) is 0 Å². The first-order chi connectivity index (χ1) is 16.4. The van der Waals surface area contributed by atoms with Gasteiger partial charge in [0, 0.05) is 17.3 Å². The molecule has 1 atom stereocenters. The molecule has 0 amide bonds. The monoisotopic (exact) mass is 458 g/mol. The Morgan fingerprint density at radius 1 is 0.824 bits per heavy atom. The third kappa shape index (κ3) is 4.05. The molecule has 2 heterocycles. The quantitative estimate of drug-likeness (QED) is 0.298. The van der Waals surface area contributed by atoms with Crippen LogP contribution in [0.2, 0.25) is 0 Å². The summed E-state index contributed by atoms with van der Waals surface area (Å²) >= 11 is 0. The second kappa shape index (κ2) is 8.74. The number of nitrogens with one attached hydrogen (secondary N) is 1. The van der Waals surface area contributed by atoms with Crippen molar-refractivity contribution in [1.29, 1.82) is 0 Å². The van der Waals surface area contributed by atoms with Crippen LogP contribution in [0, 0.1) is 12.7 Å². The topological polar surface area (TPSA) is 50.7 Å². The molecule has 5 rings (SSSR count). The number of rotatable bonds is 5. The van der Waals surface area contributed by atoms with Crippen molar-refractivity contribution in [3.63, 3.8) is 0 Å².